The quantitative estimate of drug-likeness (QED) is 0.710. The molecule has 2 amide bonds. The van der Waals surface area contributed by atoms with E-state index in [4.69, 9.17) is 9.47 Å². The predicted molar refractivity (Wildman–Crippen MR) is 114 cm³/mol. The van der Waals surface area contributed by atoms with Crippen molar-refractivity contribution in [3.63, 3.8) is 0 Å². The van der Waals surface area contributed by atoms with E-state index in [-0.39, 0.29) is 36.8 Å². The highest BCUT2D eigenvalue weighted by molar-refractivity contribution is 6.03. The van der Waals surface area contributed by atoms with Gasteiger partial charge in [0.2, 0.25) is 5.91 Å². The molecule has 31 heavy (non-hydrogen) atoms. The van der Waals surface area contributed by atoms with Crippen LogP contribution in [0.3, 0.4) is 0 Å². The average Bonchev–Trinajstić information content (AvgIpc) is 3.26. The normalized spacial score (nSPS) is 20.4. The largest absolute Gasteiger partial charge is 0.479 e. The summed E-state index contributed by atoms with van der Waals surface area (Å²) < 4.78 is 25.7. The highest BCUT2D eigenvalue weighted by Crippen LogP contribution is 2.35. The molecule has 6 nitrogen and oxygen atoms in total. The van der Waals surface area contributed by atoms with E-state index in [2.05, 4.69) is 0 Å². The molecule has 0 bridgehead atoms. The first kappa shape index (κ1) is 21.3. The van der Waals surface area contributed by atoms with E-state index in [1.54, 1.807) is 30.0 Å². The van der Waals surface area contributed by atoms with Crippen LogP contribution in [-0.2, 0) is 20.9 Å². The van der Waals surface area contributed by atoms with E-state index in [9.17, 15) is 14.0 Å². The van der Waals surface area contributed by atoms with E-state index >= 15 is 0 Å². The van der Waals surface area contributed by atoms with Gasteiger partial charge in [0.15, 0.2) is 6.10 Å². The Kier molecular flexibility index (Phi) is 6.23. The number of anilines is 1. The molecule has 0 aromatic heterocycles. The maximum absolute atomic E-state index is 14.3. The fraction of sp³-hybridized carbons (Fsp3) is 0.417. The molecule has 1 fully saturated rings. The van der Waals surface area contributed by atoms with Crippen LogP contribution in [0.5, 0.6) is 5.75 Å². The smallest absolute Gasteiger partial charge is 0.268 e. The van der Waals surface area contributed by atoms with E-state index < -0.39 is 6.10 Å². The average molecular weight is 426 g/mol. The van der Waals surface area contributed by atoms with Gasteiger partial charge in [-0.05, 0) is 50.5 Å². The van der Waals surface area contributed by atoms with Crippen LogP contribution in [0.4, 0.5) is 10.1 Å². The van der Waals surface area contributed by atoms with Crippen molar-refractivity contribution in [2.24, 2.45) is 0 Å². The first-order valence-electron chi connectivity index (χ1n) is 10.6. The molecule has 0 spiro atoms. The van der Waals surface area contributed by atoms with Gasteiger partial charge >= 0.3 is 0 Å². The second-order valence-corrected chi connectivity index (χ2v) is 8.16. The summed E-state index contributed by atoms with van der Waals surface area (Å²) >= 11 is 0. The zero-order valence-electron chi connectivity index (χ0n) is 17.8. The van der Waals surface area contributed by atoms with Crippen molar-refractivity contribution in [3.8, 4) is 5.75 Å². The number of benzene rings is 2. The minimum absolute atomic E-state index is 0.0791. The summed E-state index contributed by atoms with van der Waals surface area (Å²) in [5.41, 5.74) is 1.98. The van der Waals surface area contributed by atoms with Gasteiger partial charge in [0.05, 0.1) is 11.8 Å². The Morgan fingerprint density at radius 2 is 2.06 bits per heavy atom. The van der Waals surface area contributed by atoms with Gasteiger partial charge in [0.1, 0.15) is 18.1 Å². The SMILES string of the molecule is Cc1ccc2c(c1)N(CC(=O)N(Cc1ccccc1F)C[C@@H]1CCCO1)C(=O)[C@H](C)O2. The van der Waals surface area contributed by atoms with E-state index in [0.29, 0.717) is 30.2 Å². The Morgan fingerprint density at radius 3 is 2.81 bits per heavy atom. The number of hydrogen-bond donors (Lipinski definition) is 0. The number of carbonyl (C=O) groups is 2. The number of nitrogens with zero attached hydrogens (tertiary/aromatic N) is 2. The molecule has 4 rings (SSSR count). The second kappa shape index (κ2) is 9.06. The van der Waals surface area contributed by atoms with Crippen LogP contribution in [-0.4, -0.2) is 48.6 Å². The van der Waals surface area contributed by atoms with Crippen molar-refractivity contribution < 1.29 is 23.5 Å². The summed E-state index contributed by atoms with van der Waals surface area (Å²) in [6, 6.07) is 12.0. The zero-order valence-corrected chi connectivity index (χ0v) is 17.8. The lowest BCUT2D eigenvalue weighted by Gasteiger charge is -2.34. The molecule has 2 aliphatic rings. The minimum atomic E-state index is -0.679. The number of hydrogen-bond acceptors (Lipinski definition) is 4. The summed E-state index contributed by atoms with van der Waals surface area (Å²) in [7, 11) is 0. The number of carbonyl (C=O) groups excluding carboxylic acids is 2. The lowest BCUT2D eigenvalue weighted by atomic mass is 10.1. The Hall–Kier alpha value is -2.93. The molecule has 2 aromatic carbocycles. The Morgan fingerprint density at radius 1 is 1.26 bits per heavy atom. The lowest BCUT2D eigenvalue weighted by molar-refractivity contribution is -0.134. The molecule has 2 heterocycles. The molecule has 2 aliphatic heterocycles. The summed E-state index contributed by atoms with van der Waals surface area (Å²) in [5.74, 6) is -0.307. The van der Waals surface area contributed by atoms with Crippen molar-refractivity contribution in [3.05, 3.63) is 59.4 Å². The van der Waals surface area contributed by atoms with Gasteiger partial charge in [-0.2, -0.15) is 0 Å². The van der Waals surface area contributed by atoms with Gasteiger partial charge in [-0.1, -0.05) is 24.3 Å². The first-order valence-corrected chi connectivity index (χ1v) is 10.6. The van der Waals surface area contributed by atoms with Crippen LogP contribution < -0.4 is 9.64 Å². The maximum Gasteiger partial charge on any atom is 0.268 e. The predicted octanol–water partition coefficient (Wildman–Crippen LogP) is 3.46. The van der Waals surface area contributed by atoms with E-state index in [1.807, 2.05) is 25.1 Å². The van der Waals surface area contributed by atoms with Gasteiger partial charge in [-0.15, -0.1) is 0 Å². The number of amides is 2. The van der Waals surface area contributed by atoms with Crippen LogP contribution in [0.2, 0.25) is 0 Å². The number of fused-ring (bicyclic) bond motifs is 1. The Balaban J connectivity index is 1.58. The lowest BCUT2D eigenvalue weighted by Crippen LogP contribution is -2.50. The molecule has 7 heteroatoms. The zero-order chi connectivity index (χ0) is 22.0. The molecule has 2 atom stereocenters. The summed E-state index contributed by atoms with van der Waals surface area (Å²) in [6.07, 6.45) is 1.04. The standard InChI is InChI=1S/C24H27FN2O4/c1-16-9-10-22-21(12-16)27(24(29)17(2)31-22)15-23(28)26(14-19-7-5-11-30-19)13-18-6-3-4-8-20(18)25/h3-4,6,8-10,12,17,19H,5,7,11,13-15H2,1-2H3/t17-,19-/m0/s1. The first-order chi connectivity index (χ1) is 14.9. The van der Waals surface area contributed by atoms with Gasteiger partial charge < -0.3 is 14.4 Å². The topological polar surface area (TPSA) is 59.1 Å². The van der Waals surface area contributed by atoms with Gasteiger partial charge in [0, 0.05) is 25.3 Å². The maximum atomic E-state index is 14.3. The van der Waals surface area contributed by atoms with Crippen molar-refractivity contribution in [2.45, 2.75) is 45.4 Å². The number of aryl methyl sites for hydroxylation is 1. The third-order valence-electron chi connectivity index (χ3n) is 5.74. The molecule has 2 aromatic rings. The molecule has 1 saturated heterocycles. The van der Waals surface area contributed by atoms with Gasteiger partial charge in [-0.25, -0.2) is 4.39 Å². The monoisotopic (exact) mass is 426 g/mol. The van der Waals surface area contributed by atoms with E-state index in [1.165, 1.54) is 11.0 Å². The molecule has 164 valence electrons. The number of halogens is 1. The minimum Gasteiger partial charge on any atom is -0.479 e. The molecule has 0 unspecified atom stereocenters. The molecule has 0 radical (unpaired) electrons. The summed E-state index contributed by atoms with van der Waals surface area (Å²) in [5, 5.41) is 0. The molecular weight excluding hydrogens is 399 g/mol. The fourth-order valence-corrected chi connectivity index (χ4v) is 4.04. The molecular formula is C24H27FN2O4. The number of ether oxygens (including phenoxy) is 2. The third kappa shape index (κ3) is 4.71. The van der Waals surface area contributed by atoms with Gasteiger partial charge in [-0.3, -0.25) is 14.5 Å². The van der Waals surface area contributed by atoms with Crippen molar-refractivity contribution in [2.75, 3.05) is 24.6 Å². The second-order valence-electron chi connectivity index (χ2n) is 8.16. The van der Waals surface area contributed by atoms with Crippen LogP contribution in [0.15, 0.2) is 42.5 Å². The van der Waals surface area contributed by atoms with Gasteiger partial charge in [0.25, 0.3) is 5.91 Å². The van der Waals surface area contributed by atoms with E-state index in [0.717, 1.165) is 18.4 Å². The van der Waals surface area contributed by atoms with Crippen LogP contribution in [0, 0.1) is 12.7 Å². The summed E-state index contributed by atoms with van der Waals surface area (Å²) in [4.78, 5) is 29.3. The highest BCUT2D eigenvalue weighted by Gasteiger charge is 2.34. The van der Waals surface area contributed by atoms with Crippen molar-refractivity contribution >= 4 is 17.5 Å². The highest BCUT2D eigenvalue weighted by atomic mass is 19.1. The summed E-state index contributed by atoms with van der Waals surface area (Å²) in [6.45, 7) is 4.61. The van der Waals surface area contributed by atoms with Crippen LogP contribution in [0.25, 0.3) is 0 Å². The fourth-order valence-electron chi connectivity index (χ4n) is 4.04. The molecule has 0 N–H and O–H groups in total. The van der Waals surface area contributed by atoms with Crippen LogP contribution >= 0.6 is 0 Å². The third-order valence-corrected chi connectivity index (χ3v) is 5.74. The Labute approximate surface area is 181 Å². The van der Waals surface area contributed by atoms with Crippen molar-refractivity contribution in [1.29, 1.82) is 0 Å². The van der Waals surface area contributed by atoms with Crippen molar-refractivity contribution in [1.82, 2.24) is 4.90 Å². The number of rotatable bonds is 6. The molecule has 0 saturated carbocycles. The van der Waals surface area contributed by atoms with Crippen LogP contribution in [0.1, 0.15) is 30.9 Å². The Bertz CT molecular complexity index is 974. The molecule has 0 aliphatic carbocycles.